The van der Waals surface area contributed by atoms with Crippen LogP contribution in [0.15, 0.2) is 67.0 Å². The van der Waals surface area contributed by atoms with Crippen molar-refractivity contribution in [2.45, 2.75) is 24.8 Å². The molecule has 1 spiro atoms. The molecule has 6 rings (SSSR count). The number of imidazole rings is 1. The SMILES string of the molecule is Cc1nc2ccc(C(=O)N3CCC4(C(=O)Nc5ccccc54)C3c3cccnc3)cc2[nH]1. The first-order chi connectivity index (χ1) is 15.6. The molecule has 0 aliphatic carbocycles. The maximum atomic E-state index is 13.8. The molecule has 4 aromatic rings. The van der Waals surface area contributed by atoms with Crippen LogP contribution >= 0.6 is 0 Å². The molecule has 158 valence electrons. The van der Waals surface area contributed by atoms with Crippen molar-refractivity contribution in [3.63, 3.8) is 0 Å². The summed E-state index contributed by atoms with van der Waals surface area (Å²) < 4.78 is 0. The number of anilines is 1. The average molecular weight is 423 g/mol. The number of hydrogen-bond donors (Lipinski definition) is 2. The number of H-pyrrole nitrogens is 1. The molecule has 0 saturated carbocycles. The molecule has 2 aromatic heterocycles. The highest BCUT2D eigenvalue weighted by Gasteiger charge is 2.59. The summed E-state index contributed by atoms with van der Waals surface area (Å²) in [6.07, 6.45) is 4.01. The van der Waals surface area contributed by atoms with E-state index in [2.05, 4.69) is 20.3 Å². The van der Waals surface area contributed by atoms with Gasteiger partial charge in [-0.25, -0.2) is 4.98 Å². The molecule has 4 heterocycles. The van der Waals surface area contributed by atoms with Crippen LogP contribution in [-0.2, 0) is 10.2 Å². The molecule has 2 N–H and O–H groups in total. The number of nitrogens with zero attached hydrogens (tertiary/aromatic N) is 3. The Labute approximate surface area is 184 Å². The van der Waals surface area contributed by atoms with Crippen LogP contribution in [-0.4, -0.2) is 38.2 Å². The molecule has 2 atom stereocenters. The second-order valence-electron chi connectivity index (χ2n) is 8.46. The molecule has 2 aliphatic heterocycles. The number of para-hydroxylation sites is 1. The quantitative estimate of drug-likeness (QED) is 0.514. The molecule has 2 amide bonds. The van der Waals surface area contributed by atoms with E-state index in [1.54, 1.807) is 18.5 Å². The highest BCUT2D eigenvalue weighted by molar-refractivity contribution is 6.08. The first-order valence-electron chi connectivity index (χ1n) is 10.7. The number of benzene rings is 2. The van der Waals surface area contributed by atoms with Crippen LogP contribution in [0.4, 0.5) is 5.69 Å². The van der Waals surface area contributed by atoms with Gasteiger partial charge in [0.25, 0.3) is 5.91 Å². The summed E-state index contributed by atoms with van der Waals surface area (Å²) >= 11 is 0. The number of pyridine rings is 1. The summed E-state index contributed by atoms with van der Waals surface area (Å²) in [7, 11) is 0. The summed E-state index contributed by atoms with van der Waals surface area (Å²) in [4.78, 5) is 41.0. The standard InChI is InChI=1S/C25H21N5O2/c1-15-27-20-9-8-16(13-21(20)28-15)23(31)30-12-10-25(22(30)17-5-4-11-26-14-17)18-6-2-3-7-19(18)29-24(25)32/h2-9,11,13-14,22H,10,12H2,1H3,(H,27,28)(H,29,32). The fourth-order valence-corrected chi connectivity index (χ4v) is 5.34. The van der Waals surface area contributed by atoms with Gasteiger partial charge in [0.2, 0.25) is 5.91 Å². The molecule has 7 nitrogen and oxygen atoms in total. The van der Waals surface area contributed by atoms with Crippen molar-refractivity contribution < 1.29 is 9.59 Å². The van der Waals surface area contributed by atoms with Crippen LogP contribution in [0.2, 0.25) is 0 Å². The Hall–Kier alpha value is -4.00. The van der Waals surface area contributed by atoms with E-state index in [9.17, 15) is 9.59 Å². The summed E-state index contributed by atoms with van der Waals surface area (Å²) in [6, 6.07) is 16.6. The highest BCUT2D eigenvalue weighted by Crippen LogP contribution is 2.54. The monoisotopic (exact) mass is 423 g/mol. The van der Waals surface area contributed by atoms with Crippen molar-refractivity contribution in [3.05, 3.63) is 89.5 Å². The first-order valence-corrected chi connectivity index (χ1v) is 10.7. The molecule has 0 radical (unpaired) electrons. The zero-order valence-electron chi connectivity index (χ0n) is 17.5. The van der Waals surface area contributed by atoms with Gasteiger partial charge in [-0.2, -0.15) is 0 Å². The number of amides is 2. The van der Waals surface area contributed by atoms with Crippen molar-refractivity contribution in [2.24, 2.45) is 0 Å². The number of carbonyl (C=O) groups excluding carboxylic acids is 2. The predicted octanol–water partition coefficient (Wildman–Crippen LogP) is 3.74. The van der Waals surface area contributed by atoms with Gasteiger partial charge in [0.05, 0.1) is 17.1 Å². The van der Waals surface area contributed by atoms with Gasteiger partial charge in [0.15, 0.2) is 0 Å². The van der Waals surface area contributed by atoms with Gasteiger partial charge in [0, 0.05) is 30.2 Å². The van der Waals surface area contributed by atoms with Crippen molar-refractivity contribution in [3.8, 4) is 0 Å². The van der Waals surface area contributed by atoms with Crippen LogP contribution in [0.1, 0.15) is 39.8 Å². The number of fused-ring (bicyclic) bond motifs is 3. The zero-order valence-corrected chi connectivity index (χ0v) is 17.5. The Morgan fingerprint density at radius 3 is 2.88 bits per heavy atom. The van der Waals surface area contributed by atoms with Crippen LogP contribution in [0.25, 0.3) is 11.0 Å². The lowest BCUT2D eigenvalue weighted by molar-refractivity contribution is -0.121. The van der Waals surface area contributed by atoms with Crippen molar-refractivity contribution in [2.75, 3.05) is 11.9 Å². The summed E-state index contributed by atoms with van der Waals surface area (Å²) in [5, 5.41) is 3.05. The van der Waals surface area contributed by atoms with Gasteiger partial charge in [-0.1, -0.05) is 24.3 Å². The lowest BCUT2D eigenvalue weighted by Gasteiger charge is -2.34. The number of rotatable bonds is 2. The third-order valence-electron chi connectivity index (χ3n) is 6.69. The average Bonchev–Trinajstić information content (AvgIpc) is 3.47. The van der Waals surface area contributed by atoms with E-state index in [1.807, 2.05) is 60.4 Å². The van der Waals surface area contributed by atoms with Crippen LogP contribution in [0.5, 0.6) is 0 Å². The first kappa shape index (κ1) is 18.7. The number of aromatic amines is 1. The second kappa shape index (κ2) is 6.75. The molecular weight excluding hydrogens is 402 g/mol. The zero-order chi connectivity index (χ0) is 21.9. The van der Waals surface area contributed by atoms with E-state index in [-0.39, 0.29) is 11.8 Å². The Kier molecular flexibility index (Phi) is 3.95. The minimum Gasteiger partial charge on any atom is -0.342 e. The summed E-state index contributed by atoms with van der Waals surface area (Å²) in [6.45, 7) is 2.36. The number of carbonyl (C=O) groups is 2. The molecular formula is C25H21N5O2. The van der Waals surface area contributed by atoms with Gasteiger partial charge in [0.1, 0.15) is 11.2 Å². The topological polar surface area (TPSA) is 91.0 Å². The third-order valence-corrected chi connectivity index (χ3v) is 6.69. The molecule has 1 fully saturated rings. The van der Waals surface area contributed by atoms with Crippen LogP contribution in [0.3, 0.4) is 0 Å². The number of likely N-dealkylation sites (tertiary alicyclic amines) is 1. The van der Waals surface area contributed by atoms with Gasteiger partial charge < -0.3 is 15.2 Å². The maximum absolute atomic E-state index is 13.8. The minimum absolute atomic E-state index is 0.0671. The molecule has 2 aromatic carbocycles. The Balaban J connectivity index is 1.49. The van der Waals surface area contributed by atoms with E-state index in [0.717, 1.165) is 33.7 Å². The predicted molar refractivity (Wildman–Crippen MR) is 120 cm³/mol. The Bertz CT molecular complexity index is 1380. The largest absolute Gasteiger partial charge is 0.342 e. The van der Waals surface area contributed by atoms with Gasteiger partial charge in [-0.3, -0.25) is 14.6 Å². The Morgan fingerprint density at radius 1 is 1.16 bits per heavy atom. The van der Waals surface area contributed by atoms with E-state index in [4.69, 9.17) is 0 Å². The van der Waals surface area contributed by atoms with Gasteiger partial charge in [-0.15, -0.1) is 0 Å². The number of hydrogen-bond acceptors (Lipinski definition) is 4. The van der Waals surface area contributed by atoms with Gasteiger partial charge in [-0.05, 0) is 54.8 Å². The summed E-state index contributed by atoms with van der Waals surface area (Å²) in [5.41, 5.74) is 3.98. The lowest BCUT2D eigenvalue weighted by atomic mass is 9.73. The highest BCUT2D eigenvalue weighted by atomic mass is 16.2. The lowest BCUT2D eigenvalue weighted by Crippen LogP contribution is -2.42. The number of nitrogens with one attached hydrogen (secondary N) is 2. The number of aromatic nitrogens is 3. The molecule has 2 unspecified atom stereocenters. The molecule has 0 bridgehead atoms. The third kappa shape index (κ3) is 2.54. The fraction of sp³-hybridized carbons (Fsp3) is 0.200. The minimum atomic E-state index is -0.843. The smallest absolute Gasteiger partial charge is 0.254 e. The second-order valence-corrected chi connectivity index (χ2v) is 8.46. The number of aryl methyl sites for hydroxylation is 1. The van der Waals surface area contributed by atoms with Crippen molar-refractivity contribution >= 4 is 28.5 Å². The van der Waals surface area contributed by atoms with Gasteiger partial charge >= 0.3 is 0 Å². The molecule has 1 saturated heterocycles. The Morgan fingerprint density at radius 2 is 2.03 bits per heavy atom. The van der Waals surface area contributed by atoms with Crippen molar-refractivity contribution in [1.82, 2.24) is 19.9 Å². The van der Waals surface area contributed by atoms with E-state index in [1.165, 1.54) is 0 Å². The van der Waals surface area contributed by atoms with E-state index in [0.29, 0.717) is 18.5 Å². The van der Waals surface area contributed by atoms with E-state index < -0.39 is 11.5 Å². The maximum Gasteiger partial charge on any atom is 0.254 e. The molecule has 7 heteroatoms. The normalized spacial score (nSPS) is 21.8. The summed E-state index contributed by atoms with van der Waals surface area (Å²) in [5.74, 6) is 0.627. The molecule has 2 aliphatic rings. The fourth-order valence-electron chi connectivity index (χ4n) is 5.34. The molecule has 32 heavy (non-hydrogen) atoms. The van der Waals surface area contributed by atoms with Crippen molar-refractivity contribution in [1.29, 1.82) is 0 Å². The van der Waals surface area contributed by atoms with Crippen LogP contribution < -0.4 is 5.32 Å². The van der Waals surface area contributed by atoms with E-state index >= 15 is 0 Å². The van der Waals surface area contributed by atoms with Crippen LogP contribution in [0, 0.1) is 6.92 Å².